The molecule has 0 radical (unpaired) electrons. The number of aromatic hydroxyl groups is 2. The fourth-order valence-electron chi connectivity index (χ4n) is 15.7. The fraction of sp³-hybridized carbons (Fsp3) is 0.522. The number of Topliss-reactive ketones (excluding diaryl/α,β-unsaturated/α-hetero) is 1. The molecule has 3 saturated heterocycles. The molecule has 7 aromatic rings. The molecule has 1 unspecified atom stereocenters. The van der Waals surface area contributed by atoms with Crippen molar-refractivity contribution in [2.75, 3.05) is 191 Å². The molecule has 3 fully saturated rings. The zero-order valence-electron chi connectivity index (χ0n) is 76.6. The van der Waals surface area contributed by atoms with Gasteiger partial charge in [0, 0.05) is 131 Å². The first-order chi connectivity index (χ1) is 66.2. The molecule has 7 amide bonds. The van der Waals surface area contributed by atoms with Gasteiger partial charge in [-0.25, -0.2) is 10.1 Å². The van der Waals surface area contributed by atoms with Gasteiger partial charge in [0.2, 0.25) is 35.3 Å². The van der Waals surface area contributed by atoms with E-state index in [0.717, 1.165) is 11.8 Å². The first-order valence-corrected chi connectivity index (χ1v) is 45.9. The number of phenolic OH excluding ortho intramolecular Hbond substituents is 2. The number of hydrazone groups is 1. The minimum Gasteiger partial charge on any atom is -0.507 e. The Bertz CT molecular complexity index is 5280. The summed E-state index contributed by atoms with van der Waals surface area (Å²) >= 11 is 1.17. The van der Waals surface area contributed by atoms with E-state index in [9.17, 15) is 73.5 Å². The summed E-state index contributed by atoms with van der Waals surface area (Å²) in [7, 11) is 2.78. The molecular formula is C92H118N12O32S. The lowest BCUT2D eigenvalue weighted by Crippen LogP contribution is -2.53. The van der Waals surface area contributed by atoms with Crippen LogP contribution in [-0.2, 0) is 117 Å². The van der Waals surface area contributed by atoms with E-state index >= 15 is 0 Å². The van der Waals surface area contributed by atoms with Crippen LogP contribution < -0.4 is 31.3 Å². The monoisotopic (exact) mass is 1930 g/mol. The lowest BCUT2D eigenvalue weighted by Gasteiger charge is -2.43. The lowest BCUT2D eigenvalue weighted by molar-refractivity contribution is -0.245. The number of imide groups is 1. The third-order valence-electron chi connectivity index (χ3n) is 22.6. The number of carboxylic acid groups (broad SMARTS) is 1. The standard InChI is InChI=1S/C90H114N12O30S.C2H4O2/c1-55-81(108)63(91)45-74(130-55)132-67-48-90(117,47-61-77(67)86(113)79-78(83(61)110)82(109)60-11-7-12-65(118-2)76(60)85(79)112)69(52-103)96-97-71(105)13-8-20-102-73(107)46-68(88(102)115)133-44-18-70(104)92-19-26-120-28-30-122-36-38-126-40-42-128-53-57-51-101(98-95-57)25-27-121-29-31-123-32-33-124-34-35-125-37-39-127-41-43-129-54-72(106)93-49-58-14-16-64(131-58)59-15-17-66(119-3)75-62(50-94-80(59)75)84(111)89(116)100-23-21-99(22-24-100)87(114)56-9-5-4-6-10-56;1-2(3)4/h4-7,9-12,14-17,50-51,55,63,67-68,74,81,94,103,108,110,113,117H,8,13,18-49,52-54,91H2,1-3H3,(H,92,104)(H,93,106)(H,97,105);1H3,(H,3,4)/b96-69-;/t55-,63-,67-,68?,74-,81+,90-;/m0./s1. The van der Waals surface area contributed by atoms with Crippen LogP contribution >= 0.6 is 11.8 Å². The number of carboxylic acids is 1. The number of ketones is 3. The molecular weight excluding hydrogens is 1820 g/mol. The highest BCUT2D eigenvalue weighted by molar-refractivity contribution is 8.00. The van der Waals surface area contributed by atoms with Crippen molar-refractivity contribution in [1.29, 1.82) is 0 Å². The summed E-state index contributed by atoms with van der Waals surface area (Å²) in [5, 5.41) is 82.5. The predicted molar refractivity (Wildman–Crippen MR) is 485 cm³/mol. The number of aromatic nitrogens is 4. The number of aliphatic carboxylic acids is 1. The summed E-state index contributed by atoms with van der Waals surface area (Å²) < 4.78 is 86.7. The first-order valence-electron chi connectivity index (χ1n) is 44.8. The number of nitrogens with one attached hydrogen (secondary N) is 4. The van der Waals surface area contributed by atoms with E-state index in [1.807, 2.05) is 6.07 Å². The summed E-state index contributed by atoms with van der Waals surface area (Å²) in [6, 6.07) is 19.3. The summed E-state index contributed by atoms with van der Waals surface area (Å²) in [4.78, 5) is 149. The number of carbonyl (C=O) groups is 11. The highest BCUT2D eigenvalue weighted by atomic mass is 32.2. The van der Waals surface area contributed by atoms with Crippen molar-refractivity contribution >= 4 is 93.0 Å². The Balaban J connectivity index is 0.00000441. The number of ether oxygens (including phenoxy) is 14. The number of benzene rings is 4. The third-order valence-corrected chi connectivity index (χ3v) is 23.8. The number of phenols is 2. The number of nitrogens with two attached hydrogens (primary N) is 1. The van der Waals surface area contributed by atoms with Crippen molar-refractivity contribution in [3.63, 3.8) is 0 Å². The maximum Gasteiger partial charge on any atom is 0.300 e. The number of aromatic amines is 1. The van der Waals surface area contributed by atoms with Crippen LogP contribution in [0.5, 0.6) is 23.0 Å². The second-order valence-corrected chi connectivity index (χ2v) is 33.4. The van der Waals surface area contributed by atoms with Crippen molar-refractivity contribution in [2.24, 2.45) is 10.8 Å². The van der Waals surface area contributed by atoms with Gasteiger partial charge >= 0.3 is 0 Å². The van der Waals surface area contributed by atoms with E-state index in [4.69, 9.17) is 86.4 Å². The van der Waals surface area contributed by atoms with Gasteiger partial charge in [0.1, 0.15) is 52.4 Å². The Morgan fingerprint density at radius 3 is 1.94 bits per heavy atom. The largest absolute Gasteiger partial charge is 0.507 e. The van der Waals surface area contributed by atoms with E-state index in [1.54, 1.807) is 71.2 Å². The van der Waals surface area contributed by atoms with Gasteiger partial charge < -0.3 is 133 Å². The molecule has 137 heavy (non-hydrogen) atoms. The van der Waals surface area contributed by atoms with Gasteiger partial charge in [-0.1, -0.05) is 35.5 Å². The molecule has 6 heterocycles. The number of rotatable bonds is 55. The lowest BCUT2D eigenvalue weighted by atomic mass is 9.71. The highest BCUT2D eigenvalue weighted by Gasteiger charge is 2.50. The zero-order valence-corrected chi connectivity index (χ0v) is 77.4. The summed E-state index contributed by atoms with van der Waals surface area (Å²) in [5.74, 6) is -6.14. The molecule has 744 valence electrons. The number of fused-ring (bicyclic) bond motifs is 4. The smallest absolute Gasteiger partial charge is 0.300 e. The quantitative estimate of drug-likeness (QED) is 0.00495. The maximum atomic E-state index is 14.2. The Hall–Kier alpha value is -11.6. The van der Waals surface area contributed by atoms with E-state index in [1.165, 1.54) is 55.3 Å². The average Bonchev–Trinajstić information content (AvgIpc) is 1.46. The van der Waals surface area contributed by atoms with Crippen LogP contribution in [0.2, 0.25) is 0 Å². The molecule has 0 bridgehead atoms. The summed E-state index contributed by atoms with van der Waals surface area (Å²) in [5.41, 5.74) is 6.55. The van der Waals surface area contributed by atoms with Gasteiger partial charge in [-0.05, 0) is 55.8 Å². The van der Waals surface area contributed by atoms with Gasteiger partial charge in [-0.2, -0.15) is 5.10 Å². The highest BCUT2D eigenvalue weighted by Crippen LogP contribution is 2.53. The van der Waals surface area contributed by atoms with Crippen LogP contribution in [0.1, 0.15) is 134 Å². The van der Waals surface area contributed by atoms with E-state index in [-0.39, 0.29) is 162 Å². The van der Waals surface area contributed by atoms with Crippen LogP contribution in [0.25, 0.3) is 22.2 Å². The van der Waals surface area contributed by atoms with Crippen molar-refractivity contribution in [2.45, 2.75) is 120 Å². The normalized spacial score (nSPS) is 18.7. The summed E-state index contributed by atoms with van der Waals surface area (Å²) in [6.07, 6.45) is -2.75. The molecule has 0 saturated carbocycles. The zero-order chi connectivity index (χ0) is 97.9. The van der Waals surface area contributed by atoms with E-state index in [0.29, 0.717) is 157 Å². The number of hydrogen-bond acceptors (Lipinski definition) is 36. The SMILES string of the molecule is CC(=O)O.COc1cccc2c1C(=O)c1c(O)c3c(c(O)c1C2=O)C[C@@](O)(/C(CO)=N\NC(=O)CCCN1C(=O)CC(SCCC(=O)NCCOCCOCCOCCOCc2cn(CCOCCOCCOCCOCCOCCOCC(=O)NCc4ccc(-c5ccc(OC)c6c(C(=O)C(=O)N7CCN(C(=O)c8ccccc8)CC7)c[nH]c56)o4)nn2)C1=O)C[C@@H]3O[C@H]1C[C@H](N)[C@H](O)[C@H](C)O1. The number of likely N-dealkylation sites (tertiary alicyclic amines) is 1. The summed E-state index contributed by atoms with van der Waals surface area (Å²) in [6.45, 7) is 9.50. The minimum atomic E-state index is -2.27. The van der Waals surface area contributed by atoms with Gasteiger partial charge in [0.25, 0.3) is 23.6 Å². The topological polar surface area (TPSA) is 582 Å². The van der Waals surface area contributed by atoms with Crippen LogP contribution in [0.4, 0.5) is 0 Å². The average molecular weight is 1940 g/mol. The molecule has 7 atom stereocenters. The minimum absolute atomic E-state index is 0.00936. The number of H-pyrrole nitrogens is 1. The Labute approximate surface area is 791 Å². The van der Waals surface area contributed by atoms with Crippen molar-refractivity contribution in [3.8, 4) is 34.3 Å². The number of piperazine rings is 1. The Kier molecular flexibility index (Phi) is 41.2. The predicted octanol–water partition coefficient (Wildman–Crippen LogP) is 2.33. The number of furan rings is 1. The van der Waals surface area contributed by atoms with Crippen molar-refractivity contribution in [1.82, 2.24) is 50.7 Å². The molecule has 45 heteroatoms. The molecule has 3 aromatic heterocycles. The van der Waals surface area contributed by atoms with Crippen LogP contribution in [0, 0.1) is 0 Å². The number of hydrogen-bond donors (Lipinski definition) is 11. The molecule has 44 nitrogen and oxygen atoms in total. The van der Waals surface area contributed by atoms with E-state index in [2.05, 4.69) is 36.5 Å². The third kappa shape index (κ3) is 29.5. The van der Waals surface area contributed by atoms with Gasteiger partial charge in [0.05, 0.1) is 228 Å². The molecule has 12 rings (SSSR count). The molecule has 12 N–H and O–H groups in total. The number of nitrogens with zero attached hydrogens (tertiary/aromatic N) is 7. The van der Waals surface area contributed by atoms with Gasteiger partial charge in [-0.15, -0.1) is 16.9 Å². The number of aliphatic hydroxyl groups excluding tert-OH is 2. The van der Waals surface area contributed by atoms with Crippen molar-refractivity contribution in [3.05, 3.63) is 141 Å². The van der Waals surface area contributed by atoms with E-state index < -0.39 is 136 Å². The second-order valence-electron chi connectivity index (χ2n) is 32.1. The Morgan fingerprint density at radius 2 is 1.30 bits per heavy atom. The van der Waals surface area contributed by atoms with Crippen LogP contribution in [0.15, 0.2) is 94.7 Å². The Morgan fingerprint density at radius 1 is 0.679 bits per heavy atom. The van der Waals surface area contributed by atoms with Crippen molar-refractivity contribution < 1.29 is 154 Å². The van der Waals surface area contributed by atoms with Crippen LogP contribution in [-0.4, -0.2) is 362 Å². The maximum absolute atomic E-state index is 14.2. The molecule has 2 aliphatic carbocycles. The molecule has 3 aliphatic heterocycles. The van der Waals surface area contributed by atoms with Crippen LogP contribution in [0.3, 0.4) is 0 Å². The number of methoxy groups -OCH3 is 2. The molecule has 4 aromatic carbocycles. The van der Waals surface area contributed by atoms with Gasteiger partial charge in [0.15, 0.2) is 12.1 Å². The second kappa shape index (κ2) is 53.4. The molecule has 0 spiro atoms. The molecule has 5 aliphatic rings. The number of aliphatic hydroxyl groups is 3. The number of carbonyl (C=O) groups excluding carboxylic acids is 10. The first kappa shape index (κ1) is 106. The number of amides is 7. The van der Waals surface area contributed by atoms with Gasteiger partial charge in [-0.3, -0.25) is 57.6 Å². The number of thioether (sulfide) groups is 1. The fourth-order valence-corrected chi connectivity index (χ4v) is 16.8.